The Morgan fingerprint density at radius 1 is 1.38 bits per heavy atom. The Morgan fingerprint density at radius 2 is 2.25 bits per heavy atom. The molecule has 2 unspecified atom stereocenters. The molecule has 24 heavy (non-hydrogen) atoms. The Labute approximate surface area is 142 Å². The largest absolute Gasteiger partial charge is 0.354 e. The van der Waals surface area contributed by atoms with Gasteiger partial charge in [0.2, 0.25) is 11.8 Å². The van der Waals surface area contributed by atoms with Crippen molar-refractivity contribution in [3.8, 4) is 0 Å². The topological polar surface area (TPSA) is 90.1 Å². The van der Waals surface area contributed by atoms with E-state index in [2.05, 4.69) is 20.8 Å². The second-order valence-electron chi connectivity index (χ2n) is 6.96. The average molecular weight is 333 g/mol. The minimum atomic E-state index is -0.0331. The first-order valence-electron chi connectivity index (χ1n) is 8.91. The first-order chi connectivity index (χ1) is 11.6. The quantitative estimate of drug-likeness (QED) is 0.726. The number of carbonyl (C=O) groups excluding carboxylic acids is 2. The van der Waals surface area contributed by atoms with Crippen LogP contribution in [0.3, 0.4) is 0 Å². The molecular formula is C17H27N5O2. The molecule has 7 heteroatoms. The van der Waals surface area contributed by atoms with Gasteiger partial charge in [-0.15, -0.1) is 0 Å². The van der Waals surface area contributed by atoms with Crippen LogP contribution in [0, 0.1) is 12.8 Å². The van der Waals surface area contributed by atoms with E-state index in [4.69, 9.17) is 0 Å². The number of nitrogens with zero attached hydrogens (tertiary/aromatic N) is 2. The standard InChI is InChI=1S/C17H27N5O2/c1-12-8-14(21-20-12)9-16(23)22-7-3-4-13(11-22)10-19-17(24)15-5-2-6-18-15/h8,13,15,18H,2-7,9-11H2,1H3,(H,19,24)(H,20,21). The van der Waals surface area contributed by atoms with Crippen molar-refractivity contribution < 1.29 is 9.59 Å². The van der Waals surface area contributed by atoms with E-state index >= 15 is 0 Å². The SMILES string of the molecule is Cc1cc(CC(=O)N2CCCC(CNC(=O)C3CCCN3)C2)n[nH]1. The Bertz CT molecular complexity index is 579. The number of aryl methyl sites for hydroxylation is 1. The third-order valence-corrected chi connectivity index (χ3v) is 4.90. The highest BCUT2D eigenvalue weighted by Crippen LogP contribution is 2.17. The zero-order chi connectivity index (χ0) is 16.9. The summed E-state index contributed by atoms with van der Waals surface area (Å²) in [5.41, 5.74) is 1.76. The van der Waals surface area contributed by atoms with Crippen LogP contribution >= 0.6 is 0 Å². The van der Waals surface area contributed by atoms with E-state index in [-0.39, 0.29) is 17.9 Å². The molecule has 0 aromatic carbocycles. The third-order valence-electron chi connectivity index (χ3n) is 4.90. The number of piperidine rings is 1. The summed E-state index contributed by atoms with van der Waals surface area (Å²) in [5.74, 6) is 0.562. The van der Waals surface area contributed by atoms with Crippen LogP contribution in [0.15, 0.2) is 6.07 Å². The van der Waals surface area contributed by atoms with Crippen LogP contribution in [0.1, 0.15) is 37.1 Å². The molecule has 3 N–H and O–H groups in total. The zero-order valence-electron chi connectivity index (χ0n) is 14.3. The van der Waals surface area contributed by atoms with Crippen LogP contribution in [-0.2, 0) is 16.0 Å². The van der Waals surface area contributed by atoms with Crippen molar-refractivity contribution in [1.82, 2.24) is 25.7 Å². The fraction of sp³-hybridized carbons (Fsp3) is 0.706. The number of aromatic amines is 1. The van der Waals surface area contributed by atoms with Crippen molar-refractivity contribution in [2.45, 2.75) is 45.1 Å². The molecule has 0 aliphatic carbocycles. The number of H-pyrrole nitrogens is 1. The molecule has 2 saturated heterocycles. The van der Waals surface area contributed by atoms with Crippen molar-refractivity contribution in [1.29, 1.82) is 0 Å². The molecule has 0 spiro atoms. The second-order valence-corrected chi connectivity index (χ2v) is 6.96. The van der Waals surface area contributed by atoms with Crippen molar-refractivity contribution in [2.24, 2.45) is 5.92 Å². The molecule has 0 saturated carbocycles. The summed E-state index contributed by atoms with van der Waals surface area (Å²) in [5, 5.41) is 13.3. The number of nitrogens with one attached hydrogen (secondary N) is 3. The minimum absolute atomic E-state index is 0.0331. The highest BCUT2D eigenvalue weighted by atomic mass is 16.2. The summed E-state index contributed by atoms with van der Waals surface area (Å²) in [4.78, 5) is 26.4. The van der Waals surface area contributed by atoms with Gasteiger partial charge in [0.05, 0.1) is 18.2 Å². The monoisotopic (exact) mass is 333 g/mol. The minimum Gasteiger partial charge on any atom is -0.354 e. The number of amides is 2. The lowest BCUT2D eigenvalue weighted by molar-refractivity contribution is -0.132. The molecule has 7 nitrogen and oxygen atoms in total. The molecule has 2 atom stereocenters. The second kappa shape index (κ2) is 7.79. The molecule has 132 valence electrons. The third kappa shape index (κ3) is 4.35. The summed E-state index contributed by atoms with van der Waals surface area (Å²) >= 11 is 0. The van der Waals surface area contributed by atoms with Crippen LogP contribution in [0.4, 0.5) is 0 Å². The number of aromatic nitrogens is 2. The van der Waals surface area contributed by atoms with Crippen LogP contribution in [0.25, 0.3) is 0 Å². The predicted octanol–water partition coefficient (Wildman–Crippen LogP) is 0.367. The fourth-order valence-electron chi connectivity index (χ4n) is 3.57. The number of hydrogen-bond acceptors (Lipinski definition) is 4. The van der Waals surface area contributed by atoms with Gasteiger partial charge in [0, 0.05) is 25.3 Å². The molecular weight excluding hydrogens is 306 g/mol. The Hall–Kier alpha value is -1.89. The molecule has 2 aliphatic heterocycles. The maximum atomic E-state index is 12.4. The number of carbonyl (C=O) groups is 2. The predicted molar refractivity (Wildman–Crippen MR) is 90.4 cm³/mol. The summed E-state index contributed by atoms with van der Waals surface area (Å²) in [6.45, 7) is 5.04. The maximum absolute atomic E-state index is 12.4. The smallest absolute Gasteiger partial charge is 0.237 e. The molecule has 3 heterocycles. The summed E-state index contributed by atoms with van der Waals surface area (Å²) < 4.78 is 0. The van der Waals surface area contributed by atoms with Gasteiger partial charge in [-0.2, -0.15) is 5.10 Å². The number of likely N-dealkylation sites (tertiary alicyclic amines) is 1. The first-order valence-corrected chi connectivity index (χ1v) is 8.91. The summed E-state index contributed by atoms with van der Waals surface area (Å²) in [6.07, 6.45) is 4.38. The highest BCUT2D eigenvalue weighted by Gasteiger charge is 2.26. The fourth-order valence-corrected chi connectivity index (χ4v) is 3.57. The van der Waals surface area contributed by atoms with E-state index in [1.807, 2.05) is 17.9 Å². The molecule has 2 aliphatic rings. The Balaban J connectivity index is 1.45. The van der Waals surface area contributed by atoms with Gasteiger partial charge in [0.1, 0.15) is 0 Å². The molecule has 2 fully saturated rings. The van der Waals surface area contributed by atoms with Gasteiger partial charge in [0.15, 0.2) is 0 Å². The van der Waals surface area contributed by atoms with E-state index in [9.17, 15) is 9.59 Å². The van der Waals surface area contributed by atoms with Gasteiger partial charge in [-0.1, -0.05) is 0 Å². The van der Waals surface area contributed by atoms with Gasteiger partial charge in [-0.25, -0.2) is 0 Å². The Kier molecular flexibility index (Phi) is 5.50. The van der Waals surface area contributed by atoms with Gasteiger partial charge in [-0.3, -0.25) is 14.7 Å². The van der Waals surface area contributed by atoms with Crippen molar-refractivity contribution in [3.05, 3.63) is 17.5 Å². The lowest BCUT2D eigenvalue weighted by Crippen LogP contribution is -2.47. The lowest BCUT2D eigenvalue weighted by atomic mass is 9.97. The molecule has 1 aromatic heterocycles. The van der Waals surface area contributed by atoms with Crippen molar-refractivity contribution in [3.63, 3.8) is 0 Å². The maximum Gasteiger partial charge on any atom is 0.237 e. The molecule has 2 amide bonds. The van der Waals surface area contributed by atoms with Crippen molar-refractivity contribution in [2.75, 3.05) is 26.2 Å². The normalized spacial score (nSPS) is 24.1. The van der Waals surface area contributed by atoms with Crippen LogP contribution in [0.2, 0.25) is 0 Å². The highest BCUT2D eigenvalue weighted by molar-refractivity contribution is 5.82. The number of rotatable bonds is 5. The van der Waals surface area contributed by atoms with Crippen LogP contribution in [0.5, 0.6) is 0 Å². The van der Waals surface area contributed by atoms with Gasteiger partial charge in [-0.05, 0) is 51.1 Å². The van der Waals surface area contributed by atoms with E-state index in [0.717, 1.165) is 56.7 Å². The Morgan fingerprint density at radius 3 is 2.96 bits per heavy atom. The summed E-state index contributed by atoms with van der Waals surface area (Å²) in [6, 6.07) is 1.88. The van der Waals surface area contributed by atoms with E-state index in [0.29, 0.717) is 18.9 Å². The van der Waals surface area contributed by atoms with E-state index in [1.165, 1.54) is 0 Å². The first kappa shape index (κ1) is 17.0. The van der Waals surface area contributed by atoms with E-state index in [1.54, 1.807) is 0 Å². The van der Waals surface area contributed by atoms with Gasteiger partial charge in [0.25, 0.3) is 0 Å². The average Bonchev–Trinajstić information content (AvgIpc) is 3.25. The molecule has 0 bridgehead atoms. The van der Waals surface area contributed by atoms with Crippen molar-refractivity contribution >= 4 is 11.8 Å². The van der Waals surface area contributed by atoms with E-state index < -0.39 is 0 Å². The van der Waals surface area contributed by atoms with Gasteiger partial charge < -0.3 is 15.5 Å². The zero-order valence-corrected chi connectivity index (χ0v) is 14.3. The lowest BCUT2D eigenvalue weighted by Gasteiger charge is -2.33. The number of hydrogen-bond donors (Lipinski definition) is 3. The summed E-state index contributed by atoms with van der Waals surface area (Å²) in [7, 11) is 0. The molecule has 1 aromatic rings. The molecule has 3 rings (SSSR count). The molecule has 0 radical (unpaired) electrons. The van der Waals surface area contributed by atoms with Gasteiger partial charge >= 0.3 is 0 Å². The van der Waals surface area contributed by atoms with Crippen LogP contribution in [-0.4, -0.2) is 59.1 Å². The van der Waals surface area contributed by atoms with Crippen LogP contribution < -0.4 is 10.6 Å².